The predicted molar refractivity (Wildman–Crippen MR) is 76.7 cm³/mol. The van der Waals surface area contributed by atoms with Crippen molar-refractivity contribution in [2.24, 2.45) is 0 Å². The maximum absolute atomic E-state index is 12.0. The van der Waals surface area contributed by atoms with Crippen LogP contribution >= 0.6 is 0 Å². The van der Waals surface area contributed by atoms with Crippen LogP contribution in [0.25, 0.3) is 0 Å². The molecule has 6 nitrogen and oxygen atoms in total. The Bertz CT molecular complexity index is 491. The third kappa shape index (κ3) is 5.06. The van der Waals surface area contributed by atoms with Crippen molar-refractivity contribution in [3.05, 3.63) is 24.3 Å². The molecule has 0 heterocycles. The zero-order valence-electron chi connectivity index (χ0n) is 11.5. The molecule has 0 aliphatic carbocycles. The number of benzene rings is 1. The quantitative estimate of drug-likeness (QED) is 0.697. The van der Waals surface area contributed by atoms with Gasteiger partial charge in [0.2, 0.25) is 0 Å². The monoisotopic (exact) mass is 287 g/mol. The summed E-state index contributed by atoms with van der Waals surface area (Å²) >= 11 is 0. The van der Waals surface area contributed by atoms with Gasteiger partial charge in [-0.15, -0.1) is 0 Å². The average Bonchev–Trinajstić information content (AvgIpc) is 2.38. The van der Waals surface area contributed by atoms with E-state index >= 15 is 0 Å². The fourth-order valence-corrected chi connectivity index (χ4v) is 2.46. The van der Waals surface area contributed by atoms with Gasteiger partial charge >= 0.3 is 10.2 Å². The van der Waals surface area contributed by atoms with E-state index in [9.17, 15) is 8.42 Å². The van der Waals surface area contributed by atoms with E-state index in [2.05, 4.69) is 10.0 Å². The summed E-state index contributed by atoms with van der Waals surface area (Å²) in [7, 11) is 1.41. The first-order valence-electron chi connectivity index (χ1n) is 6.02. The highest BCUT2D eigenvalue weighted by atomic mass is 32.2. The predicted octanol–water partition coefficient (Wildman–Crippen LogP) is 0.893. The van der Waals surface area contributed by atoms with Crippen molar-refractivity contribution in [2.75, 3.05) is 39.0 Å². The van der Waals surface area contributed by atoms with Gasteiger partial charge in [-0.05, 0) is 32.1 Å². The largest absolute Gasteiger partial charge is 0.497 e. The molecule has 0 saturated carbocycles. The Morgan fingerprint density at radius 1 is 1.37 bits per heavy atom. The molecule has 0 saturated heterocycles. The van der Waals surface area contributed by atoms with Gasteiger partial charge in [0.15, 0.2) is 0 Å². The van der Waals surface area contributed by atoms with Crippen LogP contribution in [0.15, 0.2) is 24.3 Å². The summed E-state index contributed by atoms with van der Waals surface area (Å²) in [5, 5.41) is 2.98. The molecule has 0 aromatic heterocycles. The van der Waals surface area contributed by atoms with Crippen LogP contribution in [0.5, 0.6) is 5.75 Å². The number of hydrogen-bond donors (Lipinski definition) is 2. The molecule has 0 unspecified atom stereocenters. The zero-order valence-corrected chi connectivity index (χ0v) is 12.3. The second kappa shape index (κ2) is 7.32. The standard InChI is InChI=1S/C12H21N3O3S/c1-13-8-5-9-15(2)19(16,17)14-11-6-4-7-12(10-11)18-3/h4,6-7,10,13-14H,5,8-9H2,1-3H3. The van der Waals surface area contributed by atoms with E-state index < -0.39 is 10.2 Å². The second-order valence-electron chi connectivity index (χ2n) is 4.12. The van der Waals surface area contributed by atoms with Gasteiger partial charge in [-0.1, -0.05) is 6.07 Å². The summed E-state index contributed by atoms with van der Waals surface area (Å²) in [5.74, 6) is 0.609. The highest BCUT2D eigenvalue weighted by molar-refractivity contribution is 7.90. The SMILES string of the molecule is CNCCCN(C)S(=O)(=O)Nc1cccc(OC)c1. The molecule has 0 radical (unpaired) electrons. The molecular formula is C12H21N3O3S. The normalized spacial score (nSPS) is 11.6. The minimum absolute atomic E-state index is 0.458. The van der Waals surface area contributed by atoms with Crippen molar-refractivity contribution in [3.63, 3.8) is 0 Å². The van der Waals surface area contributed by atoms with Gasteiger partial charge in [0.25, 0.3) is 0 Å². The molecule has 1 aromatic carbocycles. The van der Waals surface area contributed by atoms with Crippen molar-refractivity contribution < 1.29 is 13.2 Å². The first-order chi connectivity index (χ1) is 8.99. The van der Waals surface area contributed by atoms with Crippen LogP contribution in [0.1, 0.15) is 6.42 Å². The van der Waals surface area contributed by atoms with Crippen LogP contribution in [0.3, 0.4) is 0 Å². The Balaban J connectivity index is 2.67. The Hall–Kier alpha value is -1.31. The Morgan fingerprint density at radius 3 is 2.74 bits per heavy atom. The molecule has 1 aromatic rings. The summed E-state index contributed by atoms with van der Waals surface area (Å²) in [6.07, 6.45) is 0.756. The Kier molecular flexibility index (Phi) is 6.07. The molecule has 7 heteroatoms. The molecule has 19 heavy (non-hydrogen) atoms. The lowest BCUT2D eigenvalue weighted by Gasteiger charge is -2.18. The molecular weight excluding hydrogens is 266 g/mol. The Labute approximate surface area is 114 Å². The molecule has 0 bridgehead atoms. The molecule has 0 fully saturated rings. The highest BCUT2D eigenvalue weighted by Crippen LogP contribution is 2.18. The summed E-state index contributed by atoms with van der Waals surface area (Å²) in [4.78, 5) is 0. The van der Waals surface area contributed by atoms with Crippen molar-refractivity contribution >= 4 is 15.9 Å². The molecule has 2 N–H and O–H groups in total. The number of hydrogen-bond acceptors (Lipinski definition) is 4. The Morgan fingerprint density at radius 2 is 2.11 bits per heavy atom. The third-order valence-electron chi connectivity index (χ3n) is 2.63. The van der Waals surface area contributed by atoms with E-state index in [1.54, 1.807) is 31.3 Å². The second-order valence-corrected chi connectivity index (χ2v) is 5.90. The van der Waals surface area contributed by atoms with Gasteiger partial charge in [0.05, 0.1) is 12.8 Å². The average molecular weight is 287 g/mol. The van der Waals surface area contributed by atoms with Gasteiger partial charge < -0.3 is 10.1 Å². The molecule has 0 amide bonds. The van der Waals surface area contributed by atoms with Crippen LogP contribution in [-0.2, 0) is 10.2 Å². The molecule has 0 spiro atoms. The van der Waals surface area contributed by atoms with Crippen molar-refractivity contribution in [1.29, 1.82) is 0 Å². The van der Waals surface area contributed by atoms with Crippen LogP contribution in [-0.4, -0.2) is 47.0 Å². The summed E-state index contributed by atoms with van der Waals surface area (Å²) in [6, 6.07) is 6.81. The van der Waals surface area contributed by atoms with E-state index in [4.69, 9.17) is 4.74 Å². The molecule has 1 rings (SSSR count). The third-order valence-corrected chi connectivity index (χ3v) is 4.12. The van der Waals surface area contributed by atoms with Gasteiger partial charge in [-0.3, -0.25) is 4.72 Å². The first kappa shape index (κ1) is 15.7. The van der Waals surface area contributed by atoms with E-state index in [0.717, 1.165) is 13.0 Å². The van der Waals surface area contributed by atoms with E-state index in [1.165, 1.54) is 11.4 Å². The zero-order chi connectivity index (χ0) is 14.3. The fourth-order valence-electron chi connectivity index (χ4n) is 1.51. The highest BCUT2D eigenvalue weighted by Gasteiger charge is 2.17. The lowest BCUT2D eigenvalue weighted by molar-refractivity contribution is 0.415. The molecule has 108 valence electrons. The van der Waals surface area contributed by atoms with E-state index in [0.29, 0.717) is 18.0 Å². The lowest BCUT2D eigenvalue weighted by Crippen LogP contribution is -2.34. The first-order valence-corrected chi connectivity index (χ1v) is 7.46. The topological polar surface area (TPSA) is 70.7 Å². The molecule has 0 aliphatic heterocycles. The van der Waals surface area contributed by atoms with Crippen LogP contribution in [0.4, 0.5) is 5.69 Å². The van der Waals surface area contributed by atoms with Gasteiger partial charge in [-0.25, -0.2) is 0 Å². The maximum atomic E-state index is 12.0. The summed E-state index contributed by atoms with van der Waals surface area (Å²) in [5.41, 5.74) is 0.486. The van der Waals surface area contributed by atoms with E-state index in [1.807, 2.05) is 7.05 Å². The molecule has 0 atom stereocenters. The number of nitrogens with zero attached hydrogens (tertiary/aromatic N) is 1. The fraction of sp³-hybridized carbons (Fsp3) is 0.500. The number of ether oxygens (including phenoxy) is 1. The summed E-state index contributed by atoms with van der Waals surface area (Å²) < 4.78 is 33.0. The number of nitrogens with one attached hydrogen (secondary N) is 2. The van der Waals surface area contributed by atoms with E-state index in [-0.39, 0.29) is 0 Å². The minimum atomic E-state index is -3.52. The van der Waals surface area contributed by atoms with Crippen molar-refractivity contribution in [1.82, 2.24) is 9.62 Å². The van der Waals surface area contributed by atoms with Crippen LogP contribution in [0.2, 0.25) is 0 Å². The van der Waals surface area contributed by atoms with Crippen LogP contribution in [0, 0.1) is 0 Å². The smallest absolute Gasteiger partial charge is 0.301 e. The number of anilines is 1. The molecule has 0 aliphatic rings. The maximum Gasteiger partial charge on any atom is 0.301 e. The van der Waals surface area contributed by atoms with Gasteiger partial charge in [0.1, 0.15) is 5.75 Å². The van der Waals surface area contributed by atoms with Crippen LogP contribution < -0.4 is 14.8 Å². The number of methoxy groups -OCH3 is 1. The lowest BCUT2D eigenvalue weighted by atomic mass is 10.3. The van der Waals surface area contributed by atoms with Crippen molar-refractivity contribution in [2.45, 2.75) is 6.42 Å². The summed E-state index contributed by atoms with van der Waals surface area (Å²) in [6.45, 7) is 1.24. The number of rotatable bonds is 8. The van der Waals surface area contributed by atoms with Crippen molar-refractivity contribution in [3.8, 4) is 5.75 Å². The van der Waals surface area contributed by atoms with Gasteiger partial charge in [0, 0.05) is 19.7 Å². The van der Waals surface area contributed by atoms with Gasteiger partial charge in [-0.2, -0.15) is 12.7 Å². The minimum Gasteiger partial charge on any atom is -0.497 e.